The first-order valence-corrected chi connectivity index (χ1v) is 11.0. The molecule has 0 bridgehead atoms. The van der Waals surface area contributed by atoms with E-state index in [2.05, 4.69) is 76.4 Å². The third-order valence-electron chi connectivity index (χ3n) is 3.29. The van der Waals surface area contributed by atoms with Gasteiger partial charge in [-0.25, -0.2) is 0 Å². The van der Waals surface area contributed by atoms with Crippen LogP contribution in [-0.4, -0.2) is 15.3 Å². The zero-order chi connectivity index (χ0) is 16.0. The van der Waals surface area contributed by atoms with Crippen molar-refractivity contribution in [2.75, 3.05) is 0 Å². The van der Waals surface area contributed by atoms with Crippen LogP contribution in [0.3, 0.4) is 0 Å². The summed E-state index contributed by atoms with van der Waals surface area (Å²) in [6.07, 6.45) is 1.92. The number of hydrogen-bond donors (Lipinski definition) is 0. The van der Waals surface area contributed by atoms with Crippen molar-refractivity contribution in [3.05, 3.63) is 36.5 Å². The molecular formula is C16H29ClCoNPRu. The molecule has 0 aliphatic carbocycles. The Bertz CT molecular complexity index is 388. The number of aromatic nitrogens is 1. The van der Waals surface area contributed by atoms with Crippen LogP contribution in [-0.2, 0) is 46.7 Å². The van der Waals surface area contributed by atoms with Crippen LogP contribution in [0.25, 0.3) is 0 Å². The van der Waals surface area contributed by atoms with Crippen LogP contribution in [0.2, 0.25) is 0 Å². The molecule has 0 aliphatic rings. The summed E-state index contributed by atoms with van der Waals surface area (Å²) >= 11 is 1.62. The summed E-state index contributed by atoms with van der Waals surface area (Å²) in [5.74, 6) is 0. The van der Waals surface area contributed by atoms with Crippen molar-refractivity contribution >= 4 is 17.6 Å². The molecule has 0 N–H and O–H groups in total. The third kappa shape index (κ3) is 9.01. The van der Waals surface area contributed by atoms with E-state index in [4.69, 9.17) is 4.98 Å². The van der Waals surface area contributed by atoms with E-state index in [1.807, 2.05) is 0 Å². The molecule has 0 fully saturated rings. The minimum absolute atomic E-state index is 0. The Kier molecular flexibility index (Phi) is 12.4. The number of nitrogens with zero attached hydrogens (tertiary/aromatic N) is 1. The molecule has 1 aromatic rings. The van der Waals surface area contributed by atoms with Crippen molar-refractivity contribution in [1.29, 1.82) is 0 Å². The predicted octanol–water partition coefficient (Wildman–Crippen LogP) is 5.19. The van der Waals surface area contributed by atoms with Gasteiger partial charge in [-0.15, -0.1) is 6.42 Å². The van der Waals surface area contributed by atoms with E-state index in [0.29, 0.717) is 10.3 Å². The van der Waals surface area contributed by atoms with E-state index in [1.165, 1.54) is 5.69 Å². The van der Waals surface area contributed by atoms with Crippen molar-refractivity contribution in [3.63, 3.8) is 0 Å². The second kappa shape index (κ2) is 10.7. The molecule has 0 amide bonds. The largest absolute Gasteiger partial charge is 0 e. The molecule has 1 heterocycles. The van der Waals surface area contributed by atoms with Crippen molar-refractivity contribution in [2.45, 2.75) is 64.4 Å². The van der Waals surface area contributed by atoms with Crippen LogP contribution in [0.1, 0.15) is 52.9 Å². The Morgan fingerprint density at radius 1 is 1.05 bits per heavy atom. The van der Waals surface area contributed by atoms with Crippen LogP contribution in [0.15, 0.2) is 18.2 Å². The molecule has 0 unspecified atom stereocenters. The summed E-state index contributed by atoms with van der Waals surface area (Å²) in [6.45, 7) is 18.2. The van der Waals surface area contributed by atoms with Crippen LogP contribution in [0.4, 0.5) is 0 Å². The zero-order valence-electron chi connectivity index (χ0n) is 13.9. The summed E-state index contributed by atoms with van der Waals surface area (Å²) in [6, 6.07) is 6.35. The average molecular weight is 462 g/mol. The maximum absolute atomic E-state index is 4.72. The number of halogens is 1. The number of rotatable bonds is 3. The predicted molar refractivity (Wildman–Crippen MR) is 92.1 cm³/mol. The molecule has 1 rings (SSSR count). The maximum Gasteiger partial charge on any atom is 0 e. The second-order valence-electron chi connectivity index (χ2n) is 7.03. The van der Waals surface area contributed by atoms with E-state index >= 15 is 0 Å². The summed E-state index contributed by atoms with van der Waals surface area (Å²) in [7, 11) is 4.07. The maximum atomic E-state index is 4.72. The van der Waals surface area contributed by atoms with Gasteiger partial charge in [0.15, 0.2) is 0 Å². The van der Waals surface area contributed by atoms with Gasteiger partial charge in [0.25, 0.3) is 0 Å². The van der Waals surface area contributed by atoms with E-state index in [0.717, 1.165) is 18.3 Å². The molecule has 0 aromatic carbocycles. The summed E-state index contributed by atoms with van der Waals surface area (Å²) in [5, 5.41) is 0.788. The topological polar surface area (TPSA) is 12.9 Å². The fourth-order valence-corrected chi connectivity index (χ4v) is 6.47. The standard InChI is InChI=1S/C16H27NP.ClH.Co.Ru.H/c1-8-13-10-9-11-14(17-13)12-18(15(2,3)4)16(5,6)7;;;;/h9-11H,1,8,12H2,2-7H3;1H;;;/q-1;;;+1;. The van der Waals surface area contributed by atoms with Crippen LogP contribution >= 0.6 is 17.6 Å². The Labute approximate surface area is 157 Å². The quantitative estimate of drug-likeness (QED) is 0.343. The Morgan fingerprint density at radius 2 is 1.48 bits per heavy atom. The Balaban J connectivity index is 0. The van der Waals surface area contributed by atoms with Crippen molar-refractivity contribution in [1.82, 2.24) is 4.98 Å². The van der Waals surface area contributed by atoms with Crippen LogP contribution < -0.4 is 0 Å². The van der Waals surface area contributed by atoms with Gasteiger partial charge >= 0.3 is 27.0 Å². The monoisotopic (exact) mass is 462 g/mol. The minimum atomic E-state index is -0.535. The molecule has 0 saturated carbocycles. The molecule has 0 spiro atoms. The van der Waals surface area contributed by atoms with Gasteiger partial charge in [0.05, 0.1) is 22.2 Å². The Hall–Kier alpha value is 1.000. The van der Waals surface area contributed by atoms with Crippen LogP contribution in [0, 0.1) is 6.92 Å². The average Bonchev–Trinajstić information content (AvgIpc) is 2.36. The molecule has 127 valence electrons. The van der Waals surface area contributed by atoms with Crippen LogP contribution in [0.5, 0.6) is 0 Å². The van der Waals surface area contributed by atoms with Gasteiger partial charge in [-0.05, 0) is 53.7 Å². The Morgan fingerprint density at radius 3 is 1.86 bits per heavy atom. The summed E-state index contributed by atoms with van der Waals surface area (Å²) in [4.78, 5) is 4.72. The van der Waals surface area contributed by atoms with Gasteiger partial charge in [-0.3, -0.25) is 4.98 Å². The van der Waals surface area contributed by atoms with Crippen molar-refractivity contribution in [3.8, 4) is 0 Å². The van der Waals surface area contributed by atoms with E-state index in [1.54, 1.807) is 17.3 Å². The molecule has 1 nitrogen and oxygen atoms in total. The normalized spacial score (nSPS) is 11.6. The molecule has 1 aromatic heterocycles. The zero-order valence-corrected chi connectivity index (χ0v) is 18.5. The summed E-state index contributed by atoms with van der Waals surface area (Å²) in [5.41, 5.74) is 2.35. The first kappa shape index (κ1) is 24.3. The summed E-state index contributed by atoms with van der Waals surface area (Å²) < 4.78 is 0. The molecule has 0 aliphatic heterocycles. The van der Waals surface area contributed by atoms with E-state index < -0.39 is 7.92 Å². The van der Waals surface area contributed by atoms with Gasteiger partial charge in [0, 0.05) is 30.4 Å². The first-order valence-electron chi connectivity index (χ1n) is 6.89. The molecular weight excluding hydrogens is 433 g/mol. The van der Waals surface area contributed by atoms with E-state index in [-0.39, 0.29) is 16.8 Å². The van der Waals surface area contributed by atoms with Gasteiger partial charge in [0.2, 0.25) is 0 Å². The van der Waals surface area contributed by atoms with E-state index in [9.17, 15) is 0 Å². The number of pyridine rings is 1. The van der Waals surface area contributed by atoms with Gasteiger partial charge in [-0.2, -0.15) is 0 Å². The fraction of sp³-hybridized carbons (Fsp3) is 0.625. The molecule has 0 saturated heterocycles. The second-order valence-corrected chi connectivity index (χ2v) is 11.3. The SMILES string of the molecule is [CH2-]Cc1cccc(C[PH+](C(C)(C)C)C(C)(C)C)n1.[Cl][RuH].[Co]. The van der Waals surface area contributed by atoms with Crippen molar-refractivity contribution in [2.24, 2.45) is 0 Å². The van der Waals surface area contributed by atoms with Crippen molar-refractivity contribution < 1.29 is 34.1 Å². The molecule has 1 radical (unpaired) electrons. The molecule has 0 atom stereocenters. The minimum Gasteiger partial charge on any atom is 0 e. The molecule has 21 heavy (non-hydrogen) atoms. The first-order chi connectivity index (χ1) is 9.14. The smallest absolute Gasteiger partial charge is 0 e. The third-order valence-corrected chi connectivity index (χ3v) is 7.63. The fourth-order valence-electron chi connectivity index (χ4n) is 2.60. The van der Waals surface area contributed by atoms with Gasteiger partial charge in [-0.1, -0.05) is 6.07 Å². The molecule has 5 heteroatoms. The van der Waals surface area contributed by atoms with Gasteiger partial charge in [0.1, 0.15) is 0 Å². The van der Waals surface area contributed by atoms with Gasteiger partial charge < -0.3 is 6.92 Å². The number of hydrogen-bond acceptors (Lipinski definition) is 1.